The number of carbonyl (C=O) groups excluding carboxylic acids is 3. The number of hydrogen-bond acceptors (Lipinski definition) is 5. The first-order valence-electron chi connectivity index (χ1n) is 13.3. The summed E-state index contributed by atoms with van der Waals surface area (Å²) in [5, 5.41) is 8.57. The van der Waals surface area contributed by atoms with E-state index in [1.165, 1.54) is 11.8 Å². The minimum atomic E-state index is -0.511. The molecule has 3 amide bonds. The molecular weight excluding hydrogens is 570 g/mol. The van der Waals surface area contributed by atoms with Crippen LogP contribution in [0.2, 0.25) is 5.02 Å². The molecule has 42 heavy (non-hydrogen) atoms. The number of nitrogens with one attached hydrogen (secondary N) is 3. The van der Waals surface area contributed by atoms with Crippen molar-refractivity contribution >= 4 is 58.5 Å². The minimum Gasteiger partial charge on any atom is -0.494 e. The molecule has 0 fully saturated rings. The molecule has 0 aromatic heterocycles. The third-order valence-corrected chi connectivity index (χ3v) is 7.22. The molecule has 0 radical (unpaired) electrons. The predicted octanol–water partition coefficient (Wildman–Crippen LogP) is 7.27. The maximum Gasteiger partial charge on any atom is 0.272 e. The maximum atomic E-state index is 13.4. The molecule has 1 unspecified atom stereocenters. The van der Waals surface area contributed by atoms with Gasteiger partial charge in [0, 0.05) is 26.9 Å². The highest BCUT2D eigenvalue weighted by molar-refractivity contribution is 8.00. The molecule has 4 aromatic rings. The number of hydrogen-bond donors (Lipinski definition) is 3. The summed E-state index contributed by atoms with van der Waals surface area (Å²) in [6.45, 7) is 4.29. The monoisotopic (exact) mass is 599 g/mol. The number of amides is 3. The molecule has 1 atom stereocenters. The van der Waals surface area contributed by atoms with Crippen LogP contribution in [0.4, 0.5) is 11.4 Å². The quantitative estimate of drug-likeness (QED) is 0.124. The van der Waals surface area contributed by atoms with Crippen LogP contribution in [-0.2, 0) is 9.59 Å². The number of rotatable bonds is 11. The molecule has 4 aromatic carbocycles. The van der Waals surface area contributed by atoms with E-state index < -0.39 is 17.1 Å². The first-order chi connectivity index (χ1) is 20.3. The van der Waals surface area contributed by atoms with Crippen LogP contribution in [0.15, 0.2) is 114 Å². The second-order valence-electron chi connectivity index (χ2n) is 9.12. The Morgan fingerprint density at radius 1 is 0.857 bits per heavy atom. The highest BCUT2D eigenvalue weighted by Gasteiger charge is 2.17. The normalized spacial score (nSPS) is 11.7. The molecule has 4 rings (SSSR count). The molecule has 0 saturated carbocycles. The average molecular weight is 600 g/mol. The molecule has 3 N–H and O–H groups in total. The van der Waals surface area contributed by atoms with Gasteiger partial charge in [0.2, 0.25) is 5.91 Å². The molecule has 7 nitrogen and oxygen atoms in total. The number of thioether (sulfide) groups is 1. The predicted molar refractivity (Wildman–Crippen MR) is 170 cm³/mol. The summed E-state index contributed by atoms with van der Waals surface area (Å²) in [7, 11) is 0. The van der Waals surface area contributed by atoms with E-state index in [4.69, 9.17) is 16.3 Å². The summed E-state index contributed by atoms with van der Waals surface area (Å²) in [4.78, 5) is 39.8. The number of carbonyl (C=O) groups is 3. The summed E-state index contributed by atoms with van der Waals surface area (Å²) in [6, 6.07) is 30.0. The largest absolute Gasteiger partial charge is 0.494 e. The van der Waals surface area contributed by atoms with Crippen molar-refractivity contribution in [2.24, 2.45) is 0 Å². The summed E-state index contributed by atoms with van der Waals surface area (Å²) >= 11 is 7.49. The Morgan fingerprint density at radius 3 is 2.31 bits per heavy atom. The molecule has 0 aliphatic rings. The Kier molecular flexibility index (Phi) is 10.8. The molecular formula is C33H30ClN3O4S. The van der Waals surface area contributed by atoms with Gasteiger partial charge in [0.25, 0.3) is 11.8 Å². The zero-order valence-corrected chi connectivity index (χ0v) is 24.7. The molecule has 0 bridgehead atoms. The van der Waals surface area contributed by atoms with Crippen molar-refractivity contribution in [3.05, 3.63) is 125 Å². The Hall–Kier alpha value is -4.53. The van der Waals surface area contributed by atoms with Gasteiger partial charge in [-0.3, -0.25) is 14.4 Å². The molecule has 0 saturated heterocycles. The third kappa shape index (κ3) is 8.99. The Labute approximate surface area is 254 Å². The Bertz CT molecular complexity index is 1580. The van der Waals surface area contributed by atoms with Crippen molar-refractivity contribution in [3.8, 4) is 5.75 Å². The standard InChI is InChI=1S/C33H30ClN3O4S/c1-3-41-28-17-15-26(16-18-28)35-31(38)22(2)42-29-14-8-13-27(21-29)36-33(40)30(20-23-9-7-12-25(34)19-23)37-32(39)24-10-5-4-6-11-24/h4-22H,3H2,1-2H3,(H,35,38)(H,36,40)(H,37,39)/b30-20-. The number of ether oxygens (including phenoxy) is 1. The zero-order chi connectivity index (χ0) is 29.9. The van der Waals surface area contributed by atoms with Crippen molar-refractivity contribution in [1.82, 2.24) is 5.32 Å². The van der Waals surface area contributed by atoms with E-state index in [9.17, 15) is 14.4 Å². The van der Waals surface area contributed by atoms with Gasteiger partial charge in [-0.05, 0) is 92.2 Å². The molecule has 214 valence electrons. The van der Waals surface area contributed by atoms with Gasteiger partial charge in [0.15, 0.2) is 0 Å². The minimum absolute atomic E-state index is 0.0484. The van der Waals surface area contributed by atoms with Crippen LogP contribution in [0.5, 0.6) is 5.75 Å². The van der Waals surface area contributed by atoms with Crippen molar-refractivity contribution in [1.29, 1.82) is 0 Å². The van der Waals surface area contributed by atoms with Gasteiger partial charge >= 0.3 is 0 Å². The van der Waals surface area contributed by atoms with E-state index in [2.05, 4.69) is 16.0 Å². The Balaban J connectivity index is 1.45. The van der Waals surface area contributed by atoms with Crippen molar-refractivity contribution in [3.63, 3.8) is 0 Å². The lowest BCUT2D eigenvalue weighted by Crippen LogP contribution is -2.30. The fourth-order valence-electron chi connectivity index (χ4n) is 3.85. The van der Waals surface area contributed by atoms with Gasteiger partial charge in [0.05, 0.1) is 11.9 Å². The lowest BCUT2D eigenvalue weighted by molar-refractivity contribution is -0.115. The SMILES string of the molecule is CCOc1ccc(NC(=O)C(C)Sc2cccc(NC(=O)/C(=C/c3cccc(Cl)c3)NC(=O)c3ccccc3)c2)cc1. The van der Waals surface area contributed by atoms with E-state index >= 15 is 0 Å². The van der Waals surface area contributed by atoms with Gasteiger partial charge in [-0.15, -0.1) is 11.8 Å². The molecule has 0 aliphatic carbocycles. The van der Waals surface area contributed by atoms with E-state index in [0.29, 0.717) is 34.1 Å². The molecule has 0 aliphatic heterocycles. The third-order valence-electron chi connectivity index (χ3n) is 5.90. The number of anilines is 2. The van der Waals surface area contributed by atoms with Crippen LogP contribution < -0.4 is 20.7 Å². The molecule has 0 heterocycles. The lowest BCUT2D eigenvalue weighted by Gasteiger charge is -2.14. The van der Waals surface area contributed by atoms with Gasteiger partial charge in [0.1, 0.15) is 11.4 Å². The van der Waals surface area contributed by atoms with Crippen LogP contribution >= 0.6 is 23.4 Å². The van der Waals surface area contributed by atoms with Gasteiger partial charge < -0.3 is 20.7 Å². The first kappa shape index (κ1) is 30.4. The smallest absolute Gasteiger partial charge is 0.272 e. The van der Waals surface area contributed by atoms with Crippen LogP contribution in [0.3, 0.4) is 0 Å². The lowest BCUT2D eigenvalue weighted by atomic mass is 10.1. The first-order valence-corrected chi connectivity index (χ1v) is 14.5. The maximum absolute atomic E-state index is 13.4. The second-order valence-corrected chi connectivity index (χ2v) is 11.0. The van der Waals surface area contributed by atoms with Crippen molar-refractivity contribution in [2.75, 3.05) is 17.2 Å². The topological polar surface area (TPSA) is 96.5 Å². The summed E-state index contributed by atoms with van der Waals surface area (Å²) in [5.74, 6) is -0.352. The van der Waals surface area contributed by atoms with Gasteiger partial charge in [-0.1, -0.05) is 48.0 Å². The van der Waals surface area contributed by atoms with Gasteiger partial charge in [-0.25, -0.2) is 0 Å². The van der Waals surface area contributed by atoms with Crippen molar-refractivity contribution < 1.29 is 19.1 Å². The van der Waals surface area contributed by atoms with Gasteiger partial charge in [-0.2, -0.15) is 0 Å². The fourth-order valence-corrected chi connectivity index (χ4v) is 4.98. The summed E-state index contributed by atoms with van der Waals surface area (Å²) < 4.78 is 5.44. The average Bonchev–Trinajstić information content (AvgIpc) is 2.98. The van der Waals surface area contributed by atoms with Crippen LogP contribution in [-0.4, -0.2) is 29.6 Å². The number of benzene rings is 4. The van der Waals surface area contributed by atoms with E-state index in [-0.39, 0.29) is 11.6 Å². The van der Waals surface area contributed by atoms with E-state index in [1.54, 1.807) is 97.1 Å². The second kappa shape index (κ2) is 14.9. The zero-order valence-electron chi connectivity index (χ0n) is 23.1. The summed E-state index contributed by atoms with van der Waals surface area (Å²) in [6.07, 6.45) is 1.56. The fraction of sp³-hybridized carbons (Fsp3) is 0.121. The summed E-state index contributed by atoms with van der Waals surface area (Å²) in [5.41, 5.74) is 2.30. The highest BCUT2D eigenvalue weighted by atomic mass is 35.5. The number of halogens is 1. The van der Waals surface area contributed by atoms with Crippen LogP contribution in [0.1, 0.15) is 29.8 Å². The van der Waals surface area contributed by atoms with E-state index in [0.717, 1.165) is 10.6 Å². The van der Waals surface area contributed by atoms with Crippen molar-refractivity contribution in [2.45, 2.75) is 24.0 Å². The van der Waals surface area contributed by atoms with Crippen LogP contribution in [0, 0.1) is 0 Å². The molecule has 0 spiro atoms. The highest BCUT2D eigenvalue weighted by Crippen LogP contribution is 2.27. The molecule has 9 heteroatoms. The van der Waals surface area contributed by atoms with E-state index in [1.807, 2.05) is 26.0 Å². The Morgan fingerprint density at radius 2 is 1.60 bits per heavy atom. The van der Waals surface area contributed by atoms with Crippen LogP contribution in [0.25, 0.3) is 6.08 Å².